The average molecular weight is 472 g/mol. The first-order valence-electron chi connectivity index (χ1n) is 10.7. The van der Waals surface area contributed by atoms with Crippen molar-refractivity contribution in [2.45, 2.75) is 63.7 Å². The molecule has 0 amide bonds. The van der Waals surface area contributed by atoms with Gasteiger partial charge in [-0.15, -0.1) is 0 Å². The second-order valence-electron chi connectivity index (χ2n) is 8.26. The van der Waals surface area contributed by atoms with Crippen molar-refractivity contribution in [1.82, 2.24) is 0 Å². The highest BCUT2D eigenvalue weighted by Crippen LogP contribution is 2.39. The minimum absolute atomic E-state index is 0.301. The number of halogens is 7. The third-order valence-corrected chi connectivity index (χ3v) is 5.85. The number of hydrogen-bond acceptors (Lipinski definition) is 1. The fourth-order valence-corrected chi connectivity index (χ4v) is 4.21. The highest BCUT2D eigenvalue weighted by Gasteiger charge is 2.35. The Morgan fingerprint density at radius 3 is 2.00 bits per heavy atom. The summed E-state index contributed by atoms with van der Waals surface area (Å²) in [6.45, 7) is 2.16. The first kappa shape index (κ1) is 24.9. The zero-order valence-electron chi connectivity index (χ0n) is 17.9. The topological polar surface area (TPSA) is 9.23 Å². The van der Waals surface area contributed by atoms with E-state index >= 15 is 0 Å². The molecule has 1 aliphatic rings. The molecule has 0 N–H and O–H groups in total. The lowest BCUT2D eigenvalue weighted by Crippen LogP contribution is -2.22. The standard InChI is InChI=1S/C25H23F7O/c1-2-3-16-4-6-17(7-5-16)18-8-10-19(11-9-18)25(31,32)33-20-14-22(26)21(23(27)15-20)12-13-24(28,29)30/h8-11,14-17H,2-7H2,1H3. The molecule has 0 atom stereocenters. The molecule has 3 rings (SSSR count). The highest BCUT2D eigenvalue weighted by molar-refractivity contribution is 5.42. The van der Waals surface area contributed by atoms with Crippen LogP contribution in [0, 0.1) is 29.4 Å². The fraction of sp³-hybridized carbons (Fsp3) is 0.440. The van der Waals surface area contributed by atoms with Crippen molar-refractivity contribution in [3.63, 3.8) is 0 Å². The van der Waals surface area contributed by atoms with Crippen molar-refractivity contribution in [2.75, 3.05) is 0 Å². The Bertz CT molecular complexity index is 985. The van der Waals surface area contributed by atoms with Crippen molar-refractivity contribution < 1.29 is 35.5 Å². The van der Waals surface area contributed by atoms with Crippen molar-refractivity contribution >= 4 is 0 Å². The van der Waals surface area contributed by atoms with E-state index in [1.54, 1.807) is 12.1 Å². The lowest BCUT2D eigenvalue weighted by Gasteiger charge is -2.29. The maximum absolute atomic E-state index is 14.6. The van der Waals surface area contributed by atoms with Gasteiger partial charge in [-0.3, -0.25) is 0 Å². The molecule has 33 heavy (non-hydrogen) atoms. The SMILES string of the molecule is CCCC1CCC(c2ccc(C(F)(F)Oc3cc(F)c(C#CC(F)(F)F)c(F)c3)cc2)CC1. The van der Waals surface area contributed by atoms with Crippen molar-refractivity contribution in [3.8, 4) is 17.6 Å². The molecule has 0 aliphatic heterocycles. The highest BCUT2D eigenvalue weighted by atomic mass is 19.4. The summed E-state index contributed by atoms with van der Waals surface area (Å²) < 4.78 is 98.0. The summed E-state index contributed by atoms with van der Waals surface area (Å²) in [6.07, 6.45) is -2.29. The predicted octanol–water partition coefficient (Wildman–Crippen LogP) is 8.08. The lowest BCUT2D eigenvalue weighted by molar-refractivity contribution is -0.185. The molecule has 0 radical (unpaired) electrons. The van der Waals surface area contributed by atoms with E-state index in [-0.39, 0.29) is 0 Å². The first-order valence-corrected chi connectivity index (χ1v) is 10.7. The van der Waals surface area contributed by atoms with Gasteiger partial charge in [-0.1, -0.05) is 37.8 Å². The summed E-state index contributed by atoms with van der Waals surface area (Å²) in [5, 5.41) is 0. The second kappa shape index (κ2) is 10.1. The summed E-state index contributed by atoms with van der Waals surface area (Å²) in [5.41, 5.74) is -0.733. The van der Waals surface area contributed by atoms with E-state index in [0.29, 0.717) is 18.1 Å². The molecule has 0 spiro atoms. The van der Waals surface area contributed by atoms with Crippen LogP contribution < -0.4 is 4.74 Å². The van der Waals surface area contributed by atoms with Crippen LogP contribution in [0.5, 0.6) is 5.75 Å². The van der Waals surface area contributed by atoms with Gasteiger partial charge in [-0.2, -0.15) is 22.0 Å². The largest absolute Gasteiger partial charge is 0.458 e. The molecule has 0 heterocycles. The molecule has 0 bridgehead atoms. The van der Waals surface area contributed by atoms with E-state index < -0.39 is 40.8 Å². The second-order valence-corrected chi connectivity index (χ2v) is 8.26. The van der Waals surface area contributed by atoms with Gasteiger partial charge in [-0.25, -0.2) is 8.78 Å². The minimum Gasteiger partial charge on any atom is -0.429 e. The minimum atomic E-state index is -4.96. The van der Waals surface area contributed by atoms with Crippen LogP contribution in [0.4, 0.5) is 30.7 Å². The molecule has 1 aliphatic carbocycles. The molecule has 2 aromatic rings. The molecule has 0 saturated heterocycles. The normalized spacial score (nSPS) is 19.0. The van der Waals surface area contributed by atoms with Gasteiger partial charge in [0, 0.05) is 18.1 Å². The molecule has 2 aromatic carbocycles. The Morgan fingerprint density at radius 1 is 0.909 bits per heavy atom. The van der Waals surface area contributed by atoms with E-state index in [9.17, 15) is 30.7 Å². The predicted molar refractivity (Wildman–Crippen MR) is 110 cm³/mol. The number of ether oxygens (including phenoxy) is 1. The summed E-state index contributed by atoms with van der Waals surface area (Å²) in [4.78, 5) is 0. The van der Waals surface area contributed by atoms with E-state index in [1.807, 2.05) is 0 Å². The Morgan fingerprint density at radius 2 is 1.48 bits per heavy atom. The number of benzene rings is 2. The Balaban J connectivity index is 1.71. The number of hydrogen-bond donors (Lipinski definition) is 0. The van der Waals surface area contributed by atoms with Crippen LogP contribution in [0.15, 0.2) is 36.4 Å². The van der Waals surface area contributed by atoms with Crippen molar-refractivity contribution in [2.24, 2.45) is 5.92 Å². The monoisotopic (exact) mass is 472 g/mol. The van der Waals surface area contributed by atoms with E-state index in [0.717, 1.165) is 49.5 Å². The third kappa shape index (κ3) is 6.66. The van der Waals surface area contributed by atoms with Gasteiger partial charge in [0.2, 0.25) is 0 Å². The molecule has 1 fully saturated rings. The van der Waals surface area contributed by atoms with E-state index in [4.69, 9.17) is 0 Å². The summed E-state index contributed by atoms with van der Waals surface area (Å²) in [5.74, 6) is -0.865. The van der Waals surface area contributed by atoms with Gasteiger partial charge in [0.1, 0.15) is 17.4 Å². The van der Waals surface area contributed by atoms with E-state index in [1.165, 1.54) is 24.5 Å². The molecule has 0 unspecified atom stereocenters. The number of rotatable bonds is 6. The number of alkyl halides is 5. The average Bonchev–Trinajstić information content (AvgIpc) is 2.73. The zero-order chi connectivity index (χ0) is 24.2. The van der Waals surface area contributed by atoms with Gasteiger partial charge in [-0.05, 0) is 55.2 Å². The summed E-state index contributed by atoms with van der Waals surface area (Å²) in [6, 6.07) is 6.39. The van der Waals surface area contributed by atoms with Crippen LogP contribution in [0.3, 0.4) is 0 Å². The van der Waals surface area contributed by atoms with Crippen molar-refractivity contribution in [1.29, 1.82) is 0 Å². The Labute approximate surface area is 187 Å². The Kier molecular flexibility index (Phi) is 7.61. The van der Waals surface area contributed by atoms with Gasteiger partial charge in [0.15, 0.2) is 0 Å². The fourth-order valence-electron chi connectivity index (χ4n) is 4.21. The molecule has 0 aromatic heterocycles. The smallest absolute Gasteiger partial charge is 0.429 e. The lowest BCUT2D eigenvalue weighted by atomic mass is 9.77. The molecular weight excluding hydrogens is 449 g/mol. The maximum Gasteiger partial charge on any atom is 0.458 e. The van der Waals surface area contributed by atoms with Gasteiger partial charge >= 0.3 is 12.3 Å². The third-order valence-electron chi connectivity index (χ3n) is 5.85. The molecule has 178 valence electrons. The van der Waals surface area contributed by atoms with Crippen LogP contribution >= 0.6 is 0 Å². The Hall–Kier alpha value is -2.69. The van der Waals surface area contributed by atoms with Gasteiger partial charge in [0.05, 0.1) is 11.1 Å². The molecule has 8 heteroatoms. The summed E-state index contributed by atoms with van der Waals surface area (Å²) >= 11 is 0. The van der Waals surface area contributed by atoms with Crippen LogP contribution in [-0.4, -0.2) is 6.18 Å². The van der Waals surface area contributed by atoms with Crippen LogP contribution in [0.2, 0.25) is 0 Å². The zero-order valence-corrected chi connectivity index (χ0v) is 17.9. The van der Waals surface area contributed by atoms with Crippen LogP contribution in [-0.2, 0) is 6.11 Å². The quantitative estimate of drug-likeness (QED) is 0.305. The molecule has 1 saturated carbocycles. The van der Waals surface area contributed by atoms with Crippen LogP contribution in [0.1, 0.15) is 68.1 Å². The first-order chi connectivity index (χ1) is 15.5. The maximum atomic E-state index is 14.6. The van der Waals surface area contributed by atoms with Gasteiger partial charge < -0.3 is 4.74 Å². The molecular formula is C25H23F7O. The van der Waals surface area contributed by atoms with Crippen molar-refractivity contribution in [3.05, 3.63) is 64.7 Å². The van der Waals surface area contributed by atoms with E-state index in [2.05, 4.69) is 11.7 Å². The molecule has 1 nitrogen and oxygen atoms in total. The van der Waals surface area contributed by atoms with Gasteiger partial charge in [0.25, 0.3) is 0 Å². The van der Waals surface area contributed by atoms with Crippen LogP contribution in [0.25, 0.3) is 0 Å². The summed E-state index contributed by atoms with van der Waals surface area (Å²) in [7, 11) is 0.